The quantitative estimate of drug-likeness (QED) is 0.638. The van der Waals surface area contributed by atoms with Crippen LogP contribution in [0.2, 0.25) is 0 Å². The highest BCUT2D eigenvalue weighted by Crippen LogP contribution is 2.29. The minimum atomic E-state index is 0. The van der Waals surface area contributed by atoms with Crippen LogP contribution in [0, 0.1) is 0 Å². The van der Waals surface area contributed by atoms with E-state index in [4.69, 9.17) is 0 Å². The Hall–Kier alpha value is -1.02. The van der Waals surface area contributed by atoms with Crippen molar-refractivity contribution in [1.82, 2.24) is 6.15 Å². The molecular formula is C10H16N2. The second-order valence-electron chi connectivity index (χ2n) is 3.29. The van der Waals surface area contributed by atoms with E-state index < -0.39 is 0 Å². The number of likely N-dealkylation sites (N-methyl/N-ethyl adjacent to an activating group) is 1. The summed E-state index contributed by atoms with van der Waals surface area (Å²) in [7, 11) is 2.16. The highest BCUT2D eigenvalue weighted by molar-refractivity contribution is 5.58. The molecule has 1 aromatic carbocycles. The van der Waals surface area contributed by atoms with Crippen molar-refractivity contribution in [2.24, 2.45) is 0 Å². The molecule has 2 heteroatoms. The van der Waals surface area contributed by atoms with E-state index >= 15 is 0 Å². The molecule has 0 saturated carbocycles. The Morgan fingerprint density at radius 3 is 2.67 bits per heavy atom. The molecule has 0 aromatic heterocycles. The summed E-state index contributed by atoms with van der Waals surface area (Å²) in [6, 6.07) is 9.30. The SMILES string of the molecule is CC1Cc2ccccc2N1C.N. The molecule has 2 rings (SSSR count). The van der Waals surface area contributed by atoms with Crippen molar-refractivity contribution in [2.45, 2.75) is 19.4 Å². The Morgan fingerprint density at radius 2 is 2.00 bits per heavy atom. The third kappa shape index (κ3) is 1.18. The van der Waals surface area contributed by atoms with Crippen LogP contribution in [0.15, 0.2) is 24.3 Å². The van der Waals surface area contributed by atoms with E-state index in [0.29, 0.717) is 6.04 Å². The summed E-state index contributed by atoms with van der Waals surface area (Å²) in [6.45, 7) is 2.26. The Balaban J connectivity index is 0.000000720. The zero-order chi connectivity index (χ0) is 7.84. The van der Waals surface area contributed by atoms with Crippen LogP contribution in [0.5, 0.6) is 0 Å². The van der Waals surface area contributed by atoms with Crippen LogP contribution in [0.4, 0.5) is 5.69 Å². The molecule has 1 aliphatic heterocycles. The van der Waals surface area contributed by atoms with Gasteiger partial charge in [-0.2, -0.15) is 0 Å². The third-order valence-electron chi connectivity index (χ3n) is 2.55. The fourth-order valence-corrected chi connectivity index (χ4v) is 1.72. The summed E-state index contributed by atoms with van der Waals surface area (Å²) in [5.74, 6) is 0. The van der Waals surface area contributed by atoms with Gasteiger partial charge in [-0.25, -0.2) is 0 Å². The summed E-state index contributed by atoms with van der Waals surface area (Å²) in [5, 5.41) is 0. The van der Waals surface area contributed by atoms with Crippen molar-refractivity contribution in [1.29, 1.82) is 0 Å². The van der Waals surface area contributed by atoms with Crippen molar-refractivity contribution < 1.29 is 0 Å². The van der Waals surface area contributed by atoms with Crippen molar-refractivity contribution in [3.63, 3.8) is 0 Å². The number of nitrogens with zero attached hydrogens (tertiary/aromatic N) is 1. The molecule has 0 saturated heterocycles. The lowest BCUT2D eigenvalue weighted by molar-refractivity contribution is 0.732. The zero-order valence-electron chi connectivity index (χ0n) is 7.75. The standard InChI is InChI=1S/C10H13N.H3N/c1-8-7-9-5-3-4-6-10(9)11(8)2;/h3-6,8H,7H2,1-2H3;1H3. The number of hydrogen-bond acceptors (Lipinski definition) is 2. The predicted molar refractivity (Wildman–Crippen MR) is 53.0 cm³/mol. The van der Waals surface area contributed by atoms with Gasteiger partial charge in [-0.15, -0.1) is 0 Å². The Morgan fingerprint density at radius 1 is 1.33 bits per heavy atom. The minimum Gasteiger partial charge on any atom is -0.371 e. The number of rotatable bonds is 0. The lowest BCUT2D eigenvalue weighted by Crippen LogP contribution is -2.23. The number of hydrogen-bond donors (Lipinski definition) is 1. The average molecular weight is 164 g/mol. The fraction of sp³-hybridized carbons (Fsp3) is 0.400. The van der Waals surface area contributed by atoms with Gasteiger partial charge in [0.25, 0.3) is 0 Å². The molecule has 1 aromatic rings. The maximum Gasteiger partial charge on any atom is 0.0399 e. The summed E-state index contributed by atoms with van der Waals surface area (Å²) in [6.07, 6.45) is 1.20. The second kappa shape index (κ2) is 3.15. The van der Waals surface area contributed by atoms with E-state index in [1.807, 2.05) is 0 Å². The normalized spacial score (nSPS) is 20.2. The molecule has 3 N–H and O–H groups in total. The van der Waals surface area contributed by atoms with Gasteiger partial charge in [0.1, 0.15) is 0 Å². The van der Waals surface area contributed by atoms with Crippen LogP contribution in [0.25, 0.3) is 0 Å². The monoisotopic (exact) mass is 164 g/mol. The van der Waals surface area contributed by atoms with E-state index in [9.17, 15) is 0 Å². The van der Waals surface area contributed by atoms with E-state index in [1.165, 1.54) is 17.7 Å². The third-order valence-corrected chi connectivity index (χ3v) is 2.55. The summed E-state index contributed by atoms with van der Waals surface area (Å²) >= 11 is 0. The molecule has 0 amide bonds. The second-order valence-corrected chi connectivity index (χ2v) is 3.29. The molecule has 0 spiro atoms. The molecule has 66 valence electrons. The van der Waals surface area contributed by atoms with Crippen molar-refractivity contribution in [3.05, 3.63) is 29.8 Å². The molecule has 0 aliphatic carbocycles. The molecule has 1 unspecified atom stereocenters. The largest absolute Gasteiger partial charge is 0.371 e. The topological polar surface area (TPSA) is 38.2 Å². The highest BCUT2D eigenvalue weighted by atomic mass is 15.1. The lowest BCUT2D eigenvalue weighted by atomic mass is 10.1. The van der Waals surface area contributed by atoms with Crippen LogP contribution in [-0.4, -0.2) is 13.1 Å². The summed E-state index contributed by atoms with van der Waals surface area (Å²) in [5.41, 5.74) is 2.89. The molecule has 0 bridgehead atoms. The summed E-state index contributed by atoms with van der Waals surface area (Å²) < 4.78 is 0. The van der Waals surface area contributed by atoms with E-state index in [-0.39, 0.29) is 6.15 Å². The molecular weight excluding hydrogens is 148 g/mol. The maximum atomic E-state index is 2.34. The molecule has 0 fully saturated rings. The first-order chi connectivity index (χ1) is 5.29. The van der Waals surface area contributed by atoms with Gasteiger partial charge in [-0.3, -0.25) is 0 Å². The van der Waals surface area contributed by atoms with Gasteiger partial charge in [0, 0.05) is 18.8 Å². The van der Waals surface area contributed by atoms with Gasteiger partial charge in [-0.05, 0) is 25.0 Å². The lowest BCUT2D eigenvalue weighted by Gasteiger charge is -2.17. The van der Waals surface area contributed by atoms with Crippen LogP contribution in [0.3, 0.4) is 0 Å². The van der Waals surface area contributed by atoms with Crippen molar-refractivity contribution in [3.8, 4) is 0 Å². The fourth-order valence-electron chi connectivity index (χ4n) is 1.72. The smallest absolute Gasteiger partial charge is 0.0399 e. The van der Waals surface area contributed by atoms with E-state index in [1.54, 1.807) is 0 Å². The van der Waals surface area contributed by atoms with E-state index in [0.717, 1.165) is 0 Å². The van der Waals surface area contributed by atoms with Crippen LogP contribution in [0.1, 0.15) is 12.5 Å². The summed E-state index contributed by atoms with van der Waals surface area (Å²) in [4.78, 5) is 2.34. The molecule has 1 atom stereocenters. The van der Waals surface area contributed by atoms with Crippen LogP contribution in [-0.2, 0) is 6.42 Å². The molecule has 12 heavy (non-hydrogen) atoms. The van der Waals surface area contributed by atoms with E-state index in [2.05, 4.69) is 43.1 Å². The first-order valence-corrected chi connectivity index (χ1v) is 4.10. The van der Waals surface area contributed by atoms with Crippen LogP contribution < -0.4 is 11.1 Å². The molecule has 1 aliphatic rings. The maximum absolute atomic E-state index is 2.34. The van der Waals surface area contributed by atoms with Gasteiger partial charge in [0.15, 0.2) is 0 Å². The first-order valence-electron chi connectivity index (χ1n) is 4.10. The van der Waals surface area contributed by atoms with Gasteiger partial charge >= 0.3 is 0 Å². The molecule has 2 nitrogen and oxygen atoms in total. The first kappa shape index (κ1) is 9.07. The number of fused-ring (bicyclic) bond motifs is 1. The van der Waals surface area contributed by atoms with Gasteiger partial charge < -0.3 is 11.1 Å². The Labute approximate surface area is 73.8 Å². The highest BCUT2D eigenvalue weighted by Gasteiger charge is 2.21. The number of anilines is 1. The van der Waals surface area contributed by atoms with Gasteiger partial charge in [0.2, 0.25) is 0 Å². The average Bonchev–Trinajstić information content (AvgIpc) is 2.30. The van der Waals surface area contributed by atoms with Gasteiger partial charge in [-0.1, -0.05) is 18.2 Å². The van der Waals surface area contributed by atoms with Crippen molar-refractivity contribution >= 4 is 5.69 Å². The minimum absolute atomic E-state index is 0. The molecule has 1 heterocycles. The van der Waals surface area contributed by atoms with Gasteiger partial charge in [0.05, 0.1) is 0 Å². The Kier molecular flexibility index (Phi) is 2.38. The Bertz CT molecular complexity index is 270. The van der Waals surface area contributed by atoms with Crippen molar-refractivity contribution in [2.75, 3.05) is 11.9 Å². The predicted octanol–water partition coefficient (Wildman–Crippen LogP) is 2.23. The number of benzene rings is 1. The number of para-hydroxylation sites is 1. The van der Waals surface area contributed by atoms with Crippen LogP contribution >= 0.6 is 0 Å². The molecule has 0 radical (unpaired) electrons. The zero-order valence-corrected chi connectivity index (χ0v) is 7.75.